The van der Waals surface area contributed by atoms with Gasteiger partial charge in [-0.3, -0.25) is 10.2 Å². The smallest absolute Gasteiger partial charge is 0.307 e. The van der Waals surface area contributed by atoms with Gasteiger partial charge in [0.25, 0.3) is 5.91 Å². The van der Waals surface area contributed by atoms with Crippen LogP contribution in [-0.4, -0.2) is 11.9 Å². The molecule has 3 N–H and O–H groups in total. The zero-order chi connectivity index (χ0) is 18.6. The van der Waals surface area contributed by atoms with E-state index >= 15 is 0 Å². The van der Waals surface area contributed by atoms with E-state index in [1.807, 2.05) is 12.1 Å². The summed E-state index contributed by atoms with van der Waals surface area (Å²) in [4.78, 5) is 23.9. The second-order valence-corrected chi connectivity index (χ2v) is 7.30. The predicted octanol–water partition coefficient (Wildman–Crippen LogP) is 4.76. The Hall–Kier alpha value is -2.24. The number of carbonyl (C=O) groups excluding carboxylic acids is 2. The minimum absolute atomic E-state index is 0.00694. The minimum atomic E-state index is -0.599. The minimum Gasteiger partial charge on any atom is -0.307 e. The Bertz CT molecular complexity index is 784. The van der Waals surface area contributed by atoms with E-state index in [1.165, 1.54) is 6.07 Å². The lowest BCUT2D eigenvalue weighted by Gasteiger charge is -2.19. The van der Waals surface area contributed by atoms with Crippen molar-refractivity contribution in [3.63, 3.8) is 0 Å². The van der Waals surface area contributed by atoms with Gasteiger partial charge in [0, 0.05) is 11.3 Å². The van der Waals surface area contributed by atoms with Gasteiger partial charge in [-0.15, -0.1) is 0 Å². The number of benzene rings is 2. The van der Waals surface area contributed by atoms with E-state index in [2.05, 4.69) is 36.9 Å². The molecule has 0 saturated carbocycles. The fraction of sp³-hybridized carbons (Fsp3) is 0.222. The molecule has 0 aliphatic rings. The number of anilines is 1. The monoisotopic (exact) mass is 379 g/mol. The Morgan fingerprint density at radius 2 is 1.52 bits per heavy atom. The van der Waals surface area contributed by atoms with Crippen LogP contribution in [0.1, 0.15) is 36.7 Å². The zero-order valence-corrected chi connectivity index (χ0v) is 15.6. The highest BCUT2D eigenvalue weighted by atomic mass is 35.5. The van der Waals surface area contributed by atoms with Gasteiger partial charge in [-0.25, -0.2) is 10.2 Å². The summed E-state index contributed by atoms with van der Waals surface area (Å²) in [6, 6.07) is 11.3. The van der Waals surface area contributed by atoms with E-state index in [1.54, 1.807) is 24.3 Å². The summed E-state index contributed by atoms with van der Waals surface area (Å²) >= 11 is 11.7. The van der Waals surface area contributed by atoms with Crippen molar-refractivity contribution >= 4 is 40.8 Å². The predicted molar refractivity (Wildman–Crippen MR) is 101 cm³/mol. The number of halogens is 2. The molecule has 0 atom stereocenters. The highest BCUT2D eigenvalue weighted by Gasteiger charge is 2.14. The van der Waals surface area contributed by atoms with Gasteiger partial charge in [0.05, 0.1) is 10.0 Å². The Morgan fingerprint density at radius 1 is 0.880 bits per heavy atom. The fourth-order valence-corrected chi connectivity index (χ4v) is 2.34. The topological polar surface area (TPSA) is 70.2 Å². The van der Waals surface area contributed by atoms with E-state index in [-0.39, 0.29) is 5.41 Å². The molecule has 2 aromatic rings. The molecule has 25 heavy (non-hydrogen) atoms. The van der Waals surface area contributed by atoms with Gasteiger partial charge in [0.1, 0.15) is 0 Å². The molecule has 0 aliphatic carbocycles. The van der Waals surface area contributed by atoms with Crippen molar-refractivity contribution in [2.75, 3.05) is 5.32 Å². The van der Waals surface area contributed by atoms with Crippen LogP contribution < -0.4 is 16.2 Å². The third-order valence-corrected chi connectivity index (χ3v) is 4.22. The Balaban J connectivity index is 1.90. The van der Waals surface area contributed by atoms with Crippen molar-refractivity contribution < 1.29 is 9.59 Å². The standard InChI is InChI=1S/C18H19Cl2N3O2/c1-18(2,3)12-6-4-11(5-7-12)16(24)22-23-17(25)21-13-8-9-14(19)15(20)10-13/h4-10H,1-3H3,(H,22,24)(H2,21,23,25). The first kappa shape index (κ1) is 19.1. The van der Waals surface area contributed by atoms with E-state index in [0.717, 1.165) is 5.56 Å². The van der Waals surface area contributed by atoms with Crippen LogP contribution in [0.25, 0.3) is 0 Å². The normalized spacial score (nSPS) is 10.9. The third-order valence-electron chi connectivity index (χ3n) is 3.48. The molecule has 0 fully saturated rings. The lowest BCUT2D eigenvalue weighted by molar-refractivity contribution is 0.0938. The van der Waals surface area contributed by atoms with Crippen LogP contribution in [0.4, 0.5) is 10.5 Å². The number of hydrogen-bond acceptors (Lipinski definition) is 2. The SMILES string of the molecule is CC(C)(C)c1ccc(C(=O)NNC(=O)Nc2ccc(Cl)c(Cl)c2)cc1. The van der Waals surface area contributed by atoms with Gasteiger partial charge in [0.15, 0.2) is 0 Å². The summed E-state index contributed by atoms with van der Waals surface area (Å²) in [6.45, 7) is 6.28. The molecule has 3 amide bonds. The average Bonchev–Trinajstić information content (AvgIpc) is 2.55. The summed E-state index contributed by atoms with van der Waals surface area (Å²) in [5.74, 6) is -0.412. The van der Waals surface area contributed by atoms with Gasteiger partial charge in [-0.2, -0.15) is 0 Å². The molecule has 0 heterocycles. The molecule has 2 rings (SSSR count). The number of nitrogens with one attached hydrogen (secondary N) is 3. The molecule has 132 valence electrons. The molecule has 0 saturated heterocycles. The molecule has 0 spiro atoms. The van der Waals surface area contributed by atoms with Gasteiger partial charge < -0.3 is 5.32 Å². The molecular formula is C18H19Cl2N3O2. The Labute approximate surface area is 156 Å². The second-order valence-electron chi connectivity index (χ2n) is 6.49. The second kappa shape index (κ2) is 7.76. The van der Waals surface area contributed by atoms with Crippen LogP contribution in [0.5, 0.6) is 0 Å². The number of carbonyl (C=O) groups is 2. The van der Waals surface area contributed by atoms with E-state index in [0.29, 0.717) is 21.3 Å². The van der Waals surface area contributed by atoms with Crippen LogP contribution in [0, 0.1) is 0 Å². The maximum Gasteiger partial charge on any atom is 0.337 e. The zero-order valence-electron chi connectivity index (χ0n) is 14.1. The first-order valence-corrected chi connectivity index (χ1v) is 8.35. The molecule has 5 nitrogen and oxygen atoms in total. The molecule has 7 heteroatoms. The molecule has 0 radical (unpaired) electrons. The van der Waals surface area contributed by atoms with Crippen LogP contribution in [0.2, 0.25) is 10.0 Å². The van der Waals surface area contributed by atoms with Crippen molar-refractivity contribution in [2.45, 2.75) is 26.2 Å². The van der Waals surface area contributed by atoms with Crippen LogP contribution in [-0.2, 0) is 5.41 Å². The lowest BCUT2D eigenvalue weighted by Crippen LogP contribution is -2.43. The summed E-state index contributed by atoms with van der Waals surface area (Å²) in [5.41, 5.74) is 6.65. The first-order chi connectivity index (χ1) is 11.7. The number of urea groups is 1. The summed E-state index contributed by atoms with van der Waals surface area (Å²) in [7, 11) is 0. The fourth-order valence-electron chi connectivity index (χ4n) is 2.04. The lowest BCUT2D eigenvalue weighted by atomic mass is 9.87. The van der Waals surface area contributed by atoms with Gasteiger partial charge in [-0.05, 0) is 41.3 Å². The van der Waals surface area contributed by atoms with Gasteiger partial charge >= 0.3 is 6.03 Å². The van der Waals surface area contributed by atoms with E-state index < -0.39 is 11.9 Å². The maximum absolute atomic E-state index is 12.1. The van der Waals surface area contributed by atoms with Crippen molar-refractivity contribution in [1.82, 2.24) is 10.9 Å². The molecule has 2 aromatic carbocycles. The Kier molecular flexibility index (Phi) is 5.93. The maximum atomic E-state index is 12.1. The Morgan fingerprint density at radius 3 is 2.08 bits per heavy atom. The van der Waals surface area contributed by atoms with Crippen molar-refractivity contribution in [2.24, 2.45) is 0 Å². The number of hydrazine groups is 1. The molecule has 0 unspecified atom stereocenters. The molecule has 0 bridgehead atoms. The molecule has 0 aliphatic heterocycles. The number of hydrogen-bond donors (Lipinski definition) is 3. The molecular weight excluding hydrogens is 361 g/mol. The summed E-state index contributed by atoms with van der Waals surface area (Å²) in [5, 5.41) is 3.25. The first-order valence-electron chi connectivity index (χ1n) is 7.60. The third kappa shape index (κ3) is 5.37. The summed E-state index contributed by atoms with van der Waals surface area (Å²) in [6.07, 6.45) is 0. The highest BCUT2D eigenvalue weighted by molar-refractivity contribution is 6.42. The summed E-state index contributed by atoms with van der Waals surface area (Å²) < 4.78 is 0. The van der Waals surface area contributed by atoms with Crippen molar-refractivity contribution in [3.8, 4) is 0 Å². The number of rotatable bonds is 2. The largest absolute Gasteiger partial charge is 0.337 e. The average molecular weight is 380 g/mol. The van der Waals surface area contributed by atoms with Gasteiger partial charge in [-0.1, -0.05) is 56.1 Å². The number of amides is 3. The van der Waals surface area contributed by atoms with Crippen molar-refractivity contribution in [3.05, 3.63) is 63.6 Å². The van der Waals surface area contributed by atoms with Crippen LogP contribution >= 0.6 is 23.2 Å². The van der Waals surface area contributed by atoms with E-state index in [9.17, 15) is 9.59 Å². The van der Waals surface area contributed by atoms with Crippen molar-refractivity contribution in [1.29, 1.82) is 0 Å². The quantitative estimate of drug-likeness (QED) is 0.658. The van der Waals surface area contributed by atoms with Crippen LogP contribution in [0.3, 0.4) is 0 Å². The van der Waals surface area contributed by atoms with E-state index in [4.69, 9.17) is 23.2 Å². The van der Waals surface area contributed by atoms with Gasteiger partial charge in [0.2, 0.25) is 0 Å². The van der Waals surface area contributed by atoms with Crippen LogP contribution in [0.15, 0.2) is 42.5 Å². The highest BCUT2D eigenvalue weighted by Crippen LogP contribution is 2.25. The molecule has 0 aromatic heterocycles.